The standard InChI is InChI=1S/C30H31ClFNO4/c1-17-12-13-33(15-17)18(2)16-36-22-7-4-20(5-8-22)30-27(23-9-10-25(32)29(35)28(23)31)19(3)24-14-21(34)6-11-26(24)37-30/h4-11,14,17-18,30,34-35H,12-13,15-16H2,1-3H3/t17-,18+,30?/m1/s1. The lowest BCUT2D eigenvalue weighted by Gasteiger charge is -2.31. The zero-order chi connectivity index (χ0) is 26.3. The largest absolute Gasteiger partial charge is 0.508 e. The molecule has 3 aromatic rings. The van der Waals surface area contributed by atoms with Crippen molar-refractivity contribution >= 4 is 22.7 Å². The number of rotatable bonds is 6. The highest BCUT2D eigenvalue weighted by atomic mass is 35.5. The van der Waals surface area contributed by atoms with E-state index < -0.39 is 17.7 Å². The Labute approximate surface area is 221 Å². The summed E-state index contributed by atoms with van der Waals surface area (Å²) in [5.74, 6) is 0.812. The Morgan fingerprint density at radius 1 is 1.11 bits per heavy atom. The summed E-state index contributed by atoms with van der Waals surface area (Å²) < 4.78 is 26.5. The number of phenols is 2. The van der Waals surface area contributed by atoms with Gasteiger partial charge in [-0.25, -0.2) is 4.39 Å². The number of aromatic hydroxyl groups is 2. The van der Waals surface area contributed by atoms with Crippen molar-refractivity contribution in [2.75, 3.05) is 19.7 Å². The fraction of sp³-hybridized carbons (Fsp3) is 0.333. The van der Waals surface area contributed by atoms with Crippen molar-refractivity contribution in [3.63, 3.8) is 0 Å². The van der Waals surface area contributed by atoms with E-state index in [0.717, 1.165) is 35.9 Å². The predicted molar refractivity (Wildman–Crippen MR) is 144 cm³/mol. The fourth-order valence-corrected chi connectivity index (χ4v) is 5.45. The van der Waals surface area contributed by atoms with Crippen LogP contribution in [0.1, 0.15) is 50.0 Å². The third-order valence-electron chi connectivity index (χ3n) is 7.39. The molecule has 3 aromatic carbocycles. The number of fused-ring (bicyclic) bond motifs is 1. The minimum atomic E-state index is -0.794. The highest BCUT2D eigenvalue weighted by molar-refractivity contribution is 6.34. The van der Waals surface area contributed by atoms with Crippen LogP contribution in [-0.2, 0) is 0 Å². The Balaban J connectivity index is 1.45. The van der Waals surface area contributed by atoms with E-state index in [1.807, 2.05) is 31.2 Å². The van der Waals surface area contributed by atoms with E-state index in [1.54, 1.807) is 24.3 Å². The molecular weight excluding hydrogens is 493 g/mol. The van der Waals surface area contributed by atoms with Gasteiger partial charge in [-0.15, -0.1) is 0 Å². The van der Waals surface area contributed by atoms with E-state index in [0.29, 0.717) is 35.1 Å². The van der Waals surface area contributed by atoms with Crippen molar-refractivity contribution in [1.82, 2.24) is 4.90 Å². The van der Waals surface area contributed by atoms with E-state index in [2.05, 4.69) is 18.7 Å². The summed E-state index contributed by atoms with van der Waals surface area (Å²) in [5, 5.41) is 20.2. The molecule has 5 rings (SSSR count). The number of phenolic OH excluding ortho intramolecular Hbond substituents is 2. The monoisotopic (exact) mass is 523 g/mol. The molecule has 0 aliphatic carbocycles. The molecule has 7 heteroatoms. The molecule has 1 unspecified atom stereocenters. The minimum Gasteiger partial charge on any atom is -0.508 e. The smallest absolute Gasteiger partial charge is 0.170 e. The molecule has 0 amide bonds. The number of ether oxygens (including phenoxy) is 2. The van der Waals surface area contributed by atoms with Gasteiger partial charge in [0, 0.05) is 29.3 Å². The third-order valence-corrected chi connectivity index (χ3v) is 7.77. The number of halogens is 2. The van der Waals surface area contributed by atoms with E-state index in [9.17, 15) is 14.6 Å². The first kappa shape index (κ1) is 25.4. The molecule has 1 saturated heterocycles. The molecule has 1 fully saturated rings. The summed E-state index contributed by atoms with van der Waals surface area (Å²) in [6, 6.07) is 15.7. The molecular formula is C30H31ClFNO4. The SMILES string of the molecule is CC1=C(c2ccc(F)c(O)c2Cl)C(c2ccc(OC[C@H](C)N3CC[C@@H](C)C3)cc2)Oc2ccc(O)cc21. The van der Waals surface area contributed by atoms with Crippen molar-refractivity contribution in [3.8, 4) is 23.0 Å². The zero-order valence-corrected chi connectivity index (χ0v) is 21.9. The van der Waals surface area contributed by atoms with E-state index in [4.69, 9.17) is 21.1 Å². The zero-order valence-electron chi connectivity index (χ0n) is 21.2. The van der Waals surface area contributed by atoms with E-state index in [1.165, 1.54) is 12.5 Å². The van der Waals surface area contributed by atoms with Crippen LogP contribution in [-0.4, -0.2) is 40.9 Å². The van der Waals surface area contributed by atoms with Gasteiger partial charge in [-0.3, -0.25) is 4.90 Å². The Morgan fingerprint density at radius 3 is 2.57 bits per heavy atom. The second-order valence-electron chi connectivity index (χ2n) is 10.1. The van der Waals surface area contributed by atoms with Gasteiger partial charge < -0.3 is 19.7 Å². The Bertz CT molecular complexity index is 1340. The van der Waals surface area contributed by atoms with Crippen LogP contribution in [0.2, 0.25) is 5.02 Å². The van der Waals surface area contributed by atoms with E-state index in [-0.39, 0.29) is 10.8 Å². The number of allylic oxidation sites excluding steroid dienone is 1. The molecule has 2 aliphatic rings. The quantitative estimate of drug-likeness (QED) is 0.362. The van der Waals surface area contributed by atoms with Crippen LogP contribution < -0.4 is 9.47 Å². The summed E-state index contributed by atoms with van der Waals surface area (Å²) >= 11 is 6.41. The maximum absolute atomic E-state index is 14.0. The van der Waals surface area contributed by atoms with Gasteiger partial charge >= 0.3 is 0 Å². The topological polar surface area (TPSA) is 62.2 Å². The highest BCUT2D eigenvalue weighted by Gasteiger charge is 2.32. The van der Waals surface area contributed by atoms with Crippen molar-refractivity contribution in [2.45, 2.75) is 39.3 Å². The van der Waals surface area contributed by atoms with Crippen molar-refractivity contribution in [2.24, 2.45) is 5.92 Å². The Kier molecular flexibility index (Phi) is 7.06. The first-order valence-electron chi connectivity index (χ1n) is 12.6. The molecule has 2 heterocycles. The van der Waals surface area contributed by atoms with E-state index >= 15 is 0 Å². The van der Waals surface area contributed by atoms with Gasteiger partial charge in [-0.1, -0.05) is 30.7 Å². The molecule has 0 radical (unpaired) electrons. The maximum Gasteiger partial charge on any atom is 0.170 e. The van der Waals surface area contributed by atoms with Crippen LogP contribution in [0, 0.1) is 11.7 Å². The first-order chi connectivity index (χ1) is 17.7. The molecule has 37 heavy (non-hydrogen) atoms. The van der Waals surface area contributed by atoms with Crippen LogP contribution >= 0.6 is 11.6 Å². The van der Waals surface area contributed by atoms with Crippen LogP contribution in [0.15, 0.2) is 54.6 Å². The van der Waals surface area contributed by atoms with Crippen LogP contribution in [0.5, 0.6) is 23.0 Å². The molecule has 0 spiro atoms. The lowest BCUT2D eigenvalue weighted by molar-refractivity contribution is 0.169. The Hall–Kier alpha value is -3.22. The van der Waals surface area contributed by atoms with Crippen molar-refractivity contribution in [3.05, 3.63) is 82.1 Å². The molecule has 0 bridgehead atoms. The molecule has 0 aromatic heterocycles. The lowest BCUT2D eigenvalue weighted by atomic mass is 9.86. The van der Waals surface area contributed by atoms with Crippen LogP contribution in [0.4, 0.5) is 4.39 Å². The summed E-state index contributed by atoms with van der Waals surface area (Å²) in [6.45, 7) is 9.21. The molecule has 3 atom stereocenters. The van der Waals surface area contributed by atoms with Gasteiger partial charge in [0.15, 0.2) is 11.6 Å². The van der Waals surface area contributed by atoms with Crippen molar-refractivity contribution in [1.29, 1.82) is 0 Å². The first-order valence-corrected chi connectivity index (χ1v) is 13.0. The van der Waals surface area contributed by atoms with Gasteiger partial charge in [-0.05, 0) is 86.3 Å². The second kappa shape index (κ2) is 10.3. The average molecular weight is 524 g/mol. The van der Waals surface area contributed by atoms with Gasteiger partial charge in [0.1, 0.15) is 30.0 Å². The molecule has 0 saturated carbocycles. The number of hydrogen-bond acceptors (Lipinski definition) is 5. The molecule has 2 aliphatic heterocycles. The summed E-state index contributed by atoms with van der Waals surface area (Å²) in [4.78, 5) is 2.46. The maximum atomic E-state index is 14.0. The lowest BCUT2D eigenvalue weighted by Crippen LogP contribution is -2.35. The van der Waals surface area contributed by atoms with Crippen LogP contribution in [0.25, 0.3) is 11.1 Å². The third kappa shape index (κ3) is 5.00. The van der Waals surface area contributed by atoms with Gasteiger partial charge in [0.25, 0.3) is 0 Å². The van der Waals surface area contributed by atoms with Gasteiger partial charge in [0.2, 0.25) is 0 Å². The Morgan fingerprint density at radius 2 is 1.86 bits per heavy atom. The molecule has 194 valence electrons. The average Bonchev–Trinajstić information content (AvgIpc) is 3.33. The van der Waals surface area contributed by atoms with Crippen LogP contribution in [0.3, 0.4) is 0 Å². The summed E-state index contributed by atoms with van der Waals surface area (Å²) in [6.07, 6.45) is 0.660. The number of nitrogens with zero attached hydrogens (tertiary/aromatic N) is 1. The minimum absolute atomic E-state index is 0.0864. The summed E-state index contributed by atoms with van der Waals surface area (Å²) in [7, 11) is 0. The number of likely N-dealkylation sites (tertiary alicyclic amines) is 1. The van der Waals surface area contributed by atoms with Gasteiger partial charge in [0.05, 0.1) is 5.02 Å². The predicted octanol–water partition coefficient (Wildman–Crippen LogP) is 7.06. The highest BCUT2D eigenvalue weighted by Crippen LogP contribution is 2.50. The summed E-state index contributed by atoms with van der Waals surface area (Å²) in [5.41, 5.74) is 3.51. The molecule has 2 N–H and O–H groups in total. The second-order valence-corrected chi connectivity index (χ2v) is 10.5. The number of benzene rings is 3. The normalized spacial score (nSPS) is 20.5. The molecule has 5 nitrogen and oxygen atoms in total. The van der Waals surface area contributed by atoms with Gasteiger partial charge in [-0.2, -0.15) is 0 Å². The fourth-order valence-electron chi connectivity index (χ4n) is 5.20. The van der Waals surface area contributed by atoms with Crippen molar-refractivity contribution < 1.29 is 24.1 Å². The number of hydrogen-bond donors (Lipinski definition) is 2.